The number of alkyl halides is 1. The van der Waals surface area contributed by atoms with E-state index in [1.807, 2.05) is 0 Å². The number of allylic oxidation sites excluding steroid dienone is 4. The van der Waals surface area contributed by atoms with Crippen molar-refractivity contribution in [2.24, 2.45) is 11.7 Å². The molecule has 0 bridgehead atoms. The molecule has 1 saturated heterocycles. The van der Waals surface area contributed by atoms with Crippen molar-refractivity contribution < 1.29 is 13.2 Å². The van der Waals surface area contributed by atoms with Crippen molar-refractivity contribution in [2.45, 2.75) is 32.4 Å². The van der Waals surface area contributed by atoms with Crippen LogP contribution in [0.5, 0.6) is 0 Å². The van der Waals surface area contributed by atoms with Crippen molar-refractivity contribution in [3.05, 3.63) is 23.4 Å². The Morgan fingerprint density at radius 3 is 2.53 bits per heavy atom. The third-order valence-electron chi connectivity index (χ3n) is 2.93. The lowest BCUT2D eigenvalue weighted by Crippen LogP contribution is -2.27. The fraction of sp³-hybridized carbons (Fsp3) is 0.667. The summed E-state index contributed by atoms with van der Waals surface area (Å²) in [5.74, 6) is -1.35. The maximum atomic E-state index is 13.5. The zero-order valence-electron chi connectivity index (χ0n) is 9.98. The van der Waals surface area contributed by atoms with Crippen molar-refractivity contribution in [1.29, 1.82) is 0 Å². The Morgan fingerprint density at radius 1 is 1.41 bits per heavy atom. The van der Waals surface area contributed by atoms with Gasteiger partial charge in [-0.15, -0.1) is 0 Å². The standard InChI is InChI=1S/C12H19F3N2/c1-8(13)12(16)11(15)7-10(14)6-9-2-4-17-5-3-9/h7-9,17H,2-6,16H2,1H3/b10-7+,12-11-. The number of hydrogen-bond acceptors (Lipinski definition) is 2. The highest BCUT2D eigenvalue weighted by molar-refractivity contribution is 5.21. The maximum absolute atomic E-state index is 13.5. The van der Waals surface area contributed by atoms with Gasteiger partial charge in [0.25, 0.3) is 0 Å². The molecule has 3 N–H and O–H groups in total. The topological polar surface area (TPSA) is 38.0 Å². The molecule has 1 unspecified atom stereocenters. The second-order valence-corrected chi connectivity index (χ2v) is 4.41. The zero-order valence-corrected chi connectivity index (χ0v) is 9.98. The molecule has 17 heavy (non-hydrogen) atoms. The van der Waals surface area contributed by atoms with Crippen LogP contribution in [0.3, 0.4) is 0 Å². The van der Waals surface area contributed by atoms with E-state index in [9.17, 15) is 13.2 Å². The molecule has 0 spiro atoms. The van der Waals surface area contributed by atoms with E-state index in [2.05, 4.69) is 5.32 Å². The highest BCUT2D eigenvalue weighted by Gasteiger charge is 2.16. The van der Waals surface area contributed by atoms with Gasteiger partial charge in [-0.25, -0.2) is 13.2 Å². The van der Waals surface area contributed by atoms with Crippen LogP contribution in [0.1, 0.15) is 26.2 Å². The molecular formula is C12H19F3N2. The normalized spacial score (nSPS) is 22.2. The summed E-state index contributed by atoms with van der Waals surface area (Å²) in [5.41, 5.74) is 4.60. The second-order valence-electron chi connectivity index (χ2n) is 4.41. The van der Waals surface area contributed by atoms with Gasteiger partial charge in [-0.1, -0.05) is 0 Å². The van der Waals surface area contributed by atoms with Crippen LogP contribution in [0.15, 0.2) is 23.4 Å². The van der Waals surface area contributed by atoms with E-state index < -0.39 is 23.5 Å². The molecule has 0 aliphatic carbocycles. The molecule has 0 aromatic carbocycles. The molecule has 0 aromatic heterocycles. The molecule has 5 heteroatoms. The number of nitrogens with one attached hydrogen (secondary N) is 1. The van der Waals surface area contributed by atoms with E-state index in [1.165, 1.54) is 0 Å². The highest BCUT2D eigenvalue weighted by atomic mass is 19.1. The van der Waals surface area contributed by atoms with Crippen LogP contribution in [0, 0.1) is 5.92 Å². The minimum atomic E-state index is -1.60. The van der Waals surface area contributed by atoms with E-state index in [1.54, 1.807) is 0 Å². The molecule has 1 heterocycles. The summed E-state index contributed by atoms with van der Waals surface area (Å²) in [4.78, 5) is 0. The van der Waals surface area contributed by atoms with E-state index >= 15 is 0 Å². The summed E-state index contributed by atoms with van der Waals surface area (Å²) >= 11 is 0. The molecule has 98 valence electrons. The Hall–Kier alpha value is -0.970. The van der Waals surface area contributed by atoms with Gasteiger partial charge in [-0.3, -0.25) is 0 Å². The lowest BCUT2D eigenvalue weighted by molar-refractivity contribution is 0.349. The molecule has 0 radical (unpaired) electrons. The molecule has 0 amide bonds. The Morgan fingerprint density at radius 2 is 2.00 bits per heavy atom. The van der Waals surface area contributed by atoms with Crippen molar-refractivity contribution in [1.82, 2.24) is 5.32 Å². The minimum Gasteiger partial charge on any atom is -0.397 e. The first-order chi connectivity index (χ1) is 8.00. The highest BCUT2D eigenvalue weighted by Crippen LogP contribution is 2.23. The first kappa shape index (κ1) is 14.1. The third-order valence-corrected chi connectivity index (χ3v) is 2.93. The third kappa shape index (κ3) is 4.81. The van der Waals surface area contributed by atoms with Gasteiger partial charge in [-0.2, -0.15) is 0 Å². The van der Waals surface area contributed by atoms with Crippen LogP contribution in [0.25, 0.3) is 0 Å². The second kappa shape index (κ2) is 6.69. The van der Waals surface area contributed by atoms with Crippen molar-refractivity contribution in [3.8, 4) is 0 Å². The number of nitrogens with two attached hydrogens (primary N) is 1. The SMILES string of the molecule is CC(F)/C(N)=C(F)\C=C(\F)CC1CCNCC1. The van der Waals surface area contributed by atoms with Gasteiger partial charge in [-0.05, 0) is 38.8 Å². The Labute approximate surface area is 99.8 Å². The van der Waals surface area contributed by atoms with Crippen LogP contribution in [0.4, 0.5) is 13.2 Å². The van der Waals surface area contributed by atoms with E-state index in [0.29, 0.717) is 6.08 Å². The number of rotatable bonds is 4. The molecule has 1 fully saturated rings. The van der Waals surface area contributed by atoms with Gasteiger partial charge in [0.15, 0.2) is 0 Å². The summed E-state index contributed by atoms with van der Waals surface area (Å²) in [7, 11) is 0. The summed E-state index contributed by atoms with van der Waals surface area (Å²) in [6.07, 6.45) is 1.05. The van der Waals surface area contributed by atoms with Gasteiger partial charge in [0.05, 0.1) is 5.70 Å². The molecule has 0 saturated carbocycles. The first-order valence-corrected chi connectivity index (χ1v) is 5.86. The van der Waals surface area contributed by atoms with Crippen LogP contribution in [-0.2, 0) is 0 Å². The van der Waals surface area contributed by atoms with Crippen molar-refractivity contribution in [3.63, 3.8) is 0 Å². The smallest absolute Gasteiger partial charge is 0.147 e. The summed E-state index contributed by atoms with van der Waals surface area (Å²) in [6.45, 7) is 2.84. The molecule has 1 aliphatic rings. The molecule has 0 aromatic rings. The summed E-state index contributed by atoms with van der Waals surface area (Å²) < 4.78 is 39.4. The predicted octanol–water partition coefficient (Wildman–Crippen LogP) is 2.73. The van der Waals surface area contributed by atoms with Crippen LogP contribution in [0.2, 0.25) is 0 Å². The Kier molecular flexibility index (Phi) is 5.55. The number of halogens is 3. The number of hydrogen-bond donors (Lipinski definition) is 2. The summed E-state index contributed by atoms with van der Waals surface area (Å²) in [6, 6.07) is 0. The molecule has 1 aliphatic heterocycles. The largest absolute Gasteiger partial charge is 0.397 e. The average molecular weight is 248 g/mol. The minimum absolute atomic E-state index is 0.197. The predicted molar refractivity (Wildman–Crippen MR) is 62.3 cm³/mol. The van der Waals surface area contributed by atoms with Crippen LogP contribution in [-0.4, -0.2) is 19.3 Å². The zero-order chi connectivity index (χ0) is 12.8. The Balaban J connectivity index is 2.56. The van der Waals surface area contributed by atoms with Crippen molar-refractivity contribution >= 4 is 0 Å². The van der Waals surface area contributed by atoms with Gasteiger partial charge in [0.2, 0.25) is 0 Å². The van der Waals surface area contributed by atoms with E-state index in [4.69, 9.17) is 5.73 Å². The molecule has 1 rings (SSSR count). The van der Waals surface area contributed by atoms with Crippen LogP contribution >= 0.6 is 0 Å². The van der Waals surface area contributed by atoms with Gasteiger partial charge >= 0.3 is 0 Å². The van der Waals surface area contributed by atoms with E-state index in [0.717, 1.165) is 32.9 Å². The maximum Gasteiger partial charge on any atom is 0.147 e. The van der Waals surface area contributed by atoms with E-state index in [-0.39, 0.29) is 12.3 Å². The fourth-order valence-corrected chi connectivity index (χ4v) is 1.83. The van der Waals surface area contributed by atoms with Crippen LogP contribution < -0.4 is 11.1 Å². The molecule has 1 atom stereocenters. The average Bonchev–Trinajstić information content (AvgIpc) is 2.28. The van der Waals surface area contributed by atoms with Crippen molar-refractivity contribution in [2.75, 3.05) is 13.1 Å². The Bertz CT molecular complexity index is 305. The first-order valence-electron chi connectivity index (χ1n) is 5.86. The molecule has 2 nitrogen and oxygen atoms in total. The lowest BCUT2D eigenvalue weighted by atomic mass is 9.94. The fourth-order valence-electron chi connectivity index (χ4n) is 1.83. The quantitative estimate of drug-likeness (QED) is 0.751. The van der Waals surface area contributed by atoms with Gasteiger partial charge in [0.1, 0.15) is 17.8 Å². The molecular weight excluding hydrogens is 229 g/mol. The number of piperidine rings is 1. The monoisotopic (exact) mass is 248 g/mol. The van der Waals surface area contributed by atoms with Gasteiger partial charge < -0.3 is 11.1 Å². The van der Waals surface area contributed by atoms with Gasteiger partial charge in [0, 0.05) is 12.5 Å². The summed E-state index contributed by atoms with van der Waals surface area (Å²) in [5, 5.41) is 3.17. The lowest BCUT2D eigenvalue weighted by Gasteiger charge is -2.21.